The van der Waals surface area contributed by atoms with Gasteiger partial charge in [0.15, 0.2) is 0 Å². The first kappa shape index (κ1) is 11.0. The highest BCUT2D eigenvalue weighted by Gasteiger charge is 2.25. The number of anilines is 1. The van der Waals surface area contributed by atoms with Crippen LogP contribution >= 0.6 is 0 Å². The summed E-state index contributed by atoms with van der Waals surface area (Å²) in [5.41, 5.74) is 8.42. The van der Waals surface area contributed by atoms with Crippen molar-refractivity contribution in [1.82, 2.24) is 4.98 Å². The molecule has 0 saturated heterocycles. The minimum absolute atomic E-state index is 0.471. The van der Waals surface area contributed by atoms with E-state index in [1.54, 1.807) is 0 Å². The summed E-state index contributed by atoms with van der Waals surface area (Å²) < 4.78 is 0. The van der Waals surface area contributed by atoms with Crippen LogP contribution in [-0.4, -0.2) is 17.6 Å². The quantitative estimate of drug-likeness (QED) is 0.837. The van der Waals surface area contributed by atoms with Crippen LogP contribution in [0, 0.1) is 5.92 Å². The van der Waals surface area contributed by atoms with Crippen molar-refractivity contribution in [3.8, 4) is 0 Å². The monoisotopic (exact) mass is 231 g/mol. The summed E-state index contributed by atoms with van der Waals surface area (Å²) in [6.07, 6.45) is 7.18. The molecule has 1 aliphatic heterocycles. The normalized spacial score (nSPS) is 26.9. The van der Waals surface area contributed by atoms with Crippen LogP contribution in [0.2, 0.25) is 0 Å². The van der Waals surface area contributed by atoms with E-state index >= 15 is 0 Å². The van der Waals surface area contributed by atoms with Crippen molar-refractivity contribution < 1.29 is 0 Å². The predicted molar refractivity (Wildman–Crippen MR) is 70.1 cm³/mol. The standard InChI is InChI=1S/C14H21N3/c15-12-8-10(9-12)3-5-13-6-4-11-2-1-7-16-14(11)17-13/h4,6,10,12H,1-3,5,7-9,15H2,(H,16,17). The SMILES string of the molecule is NC1CC(CCc2ccc3c(n2)NCCC3)C1. The topological polar surface area (TPSA) is 50.9 Å². The molecule has 0 radical (unpaired) electrons. The van der Waals surface area contributed by atoms with Crippen LogP contribution in [0.3, 0.4) is 0 Å². The molecule has 0 spiro atoms. The molecule has 3 heteroatoms. The Morgan fingerprint density at radius 3 is 3.06 bits per heavy atom. The van der Waals surface area contributed by atoms with Crippen LogP contribution in [0.1, 0.15) is 36.9 Å². The highest BCUT2D eigenvalue weighted by atomic mass is 15.0. The Hall–Kier alpha value is -1.09. The van der Waals surface area contributed by atoms with Gasteiger partial charge in [-0.2, -0.15) is 0 Å². The molecule has 1 fully saturated rings. The highest BCUT2D eigenvalue weighted by molar-refractivity contribution is 5.46. The van der Waals surface area contributed by atoms with Gasteiger partial charge in [0.1, 0.15) is 5.82 Å². The van der Waals surface area contributed by atoms with Crippen molar-refractivity contribution in [2.75, 3.05) is 11.9 Å². The largest absolute Gasteiger partial charge is 0.370 e. The fourth-order valence-corrected chi connectivity index (χ4v) is 2.88. The molecular formula is C14H21N3. The molecule has 92 valence electrons. The first-order valence-corrected chi connectivity index (χ1v) is 6.79. The van der Waals surface area contributed by atoms with Gasteiger partial charge in [-0.25, -0.2) is 4.98 Å². The third-order valence-corrected chi connectivity index (χ3v) is 4.03. The molecule has 0 atom stereocenters. The average Bonchev–Trinajstić information content (AvgIpc) is 2.33. The molecule has 3 nitrogen and oxygen atoms in total. The lowest BCUT2D eigenvalue weighted by Gasteiger charge is -2.32. The molecule has 1 aromatic heterocycles. The minimum Gasteiger partial charge on any atom is -0.370 e. The van der Waals surface area contributed by atoms with E-state index in [1.807, 2.05) is 0 Å². The molecule has 1 saturated carbocycles. The summed E-state index contributed by atoms with van der Waals surface area (Å²) in [5, 5.41) is 3.39. The van der Waals surface area contributed by atoms with Gasteiger partial charge in [-0.3, -0.25) is 0 Å². The van der Waals surface area contributed by atoms with Crippen LogP contribution in [0.25, 0.3) is 0 Å². The maximum absolute atomic E-state index is 5.80. The number of pyridine rings is 1. The third kappa shape index (κ3) is 2.44. The van der Waals surface area contributed by atoms with Gasteiger partial charge in [0.25, 0.3) is 0 Å². The van der Waals surface area contributed by atoms with E-state index in [0.717, 1.165) is 24.7 Å². The Labute approximate surface area is 103 Å². The Morgan fingerprint density at radius 1 is 1.35 bits per heavy atom. The third-order valence-electron chi connectivity index (χ3n) is 4.03. The van der Waals surface area contributed by atoms with Crippen LogP contribution < -0.4 is 11.1 Å². The van der Waals surface area contributed by atoms with Gasteiger partial charge >= 0.3 is 0 Å². The highest BCUT2D eigenvalue weighted by Crippen LogP contribution is 2.30. The number of nitrogens with one attached hydrogen (secondary N) is 1. The van der Waals surface area contributed by atoms with Gasteiger partial charge in [-0.05, 0) is 56.1 Å². The fourth-order valence-electron chi connectivity index (χ4n) is 2.88. The molecular weight excluding hydrogens is 210 g/mol. The van der Waals surface area contributed by atoms with Crippen LogP contribution in [0.5, 0.6) is 0 Å². The summed E-state index contributed by atoms with van der Waals surface area (Å²) in [4.78, 5) is 4.72. The molecule has 17 heavy (non-hydrogen) atoms. The second-order valence-electron chi connectivity index (χ2n) is 5.48. The molecule has 0 amide bonds. The first-order chi connectivity index (χ1) is 8.31. The summed E-state index contributed by atoms with van der Waals surface area (Å²) in [6.45, 7) is 1.07. The zero-order chi connectivity index (χ0) is 11.7. The molecule has 2 aliphatic rings. The summed E-state index contributed by atoms with van der Waals surface area (Å²) in [7, 11) is 0. The number of nitrogens with zero attached hydrogens (tertiary/aromatic N) is 1. The van der Waals surface area contributed by atoms with Gasteiger partial charge < -0.3 is 11.1 Å². The second-order valence-corrected chi connectivity index (χ2v) is 5.48. The van der Waals surface area contributed by atoms with E-state index in [0.29, 0.717) is 6.04 Å². The Balaban J connectivity index is 1.59. The van der Waals surface area contributed by atoms with E-state index in [4.69, 9.17) is 10.7 Å². The summed E-state index contributed by atoms with van der Waals surface area (Å²) >= 11 is 0. The molecule has 0 unspecified atom stereocenters. The lowest BCUT2D eigenvalue weighted by molar-refractivity contribution is 0.249. The number of fused-ring (bicyclic) bond motifs is 1. The molecule has 2 heterocycles. The van der Waals surface area contributed by atoms with Crippen molar-refractivity contribution in [2.24, 2.45) is 11.7 Å². The van der Waals surface area contributed by atoms with E-state index < -0.39 is 0 Å². The Bertz CT molecular complexity index is 396. The minimum atomic E-state index is 0.471. The number of rotatable bonds is 3. The first-order valence-electron chi connectivity index (χ1n) is 6.79. The Kier molecular flexibility index (Phi) is 3.02. The van der Waals surface area contributed by atoms with Crippen LogP contribution in [-0.2, 0) is 12.8 Å². The molecule has 0 aromatic carbocycles. The van der Waals surface area contributed by atoms with E-state index in [-0.39, 0.29) is 0 Å². The van der Waals surface area contributed by atoms with E-state index in [9.17, 15) is 0 Å². The number of hydrogen-bond donors (Lipinski definition) is 2. The number of aromatic nitrogens is 1. The average molecular weight is 231 g/mol. The maximum Gasteiger partial charge on any atom is 0.129 e. The molecule has 3 N–H and O–H groups in total. The van der Waals surface area contributed by atoms with Gasteiger partial charge in [-0.1, -0.05) is 6.07 Å². The smallest absolute Gasteiger partial charge is 0.129 e. The van der Waals surface area contributed by atoms with Crippen molar-refractivity contribution in [3.63, 3.8) is 0 Å². The zero-order valence-electron chi connectivity index (χ0n) is 10.3. The fraction of sp³-hybridized carbons (Fsp3) is 0.643. The van der Waals surface area contributed by atoms with Crippen LogP contribution in [0.4, 0.5) is 5.82 Å². The predicted octanol–water partition coefficient (Wildman–Crippen LogP) is 2.11. The number of nitrogens with two attached hydrogens (primary N) is 1. The number of hydrogen-bond acceptors (Lipinski definition) is 3. The molecule has 0 bridgehead atoms. The van der Waals surface area contributed by atoms with E-state index in [2.05, 4.69) is 17.4 Å². The maximum atomic E-state index is 5.80. The summed E-state index contributed by atoms with van der Waals surface area (Å²) in [5.74, 6) is 1.97. The molecule has 1 aliphatic carbocycles. The van der Waals surface area contributed by atoms with Gasteiger partial charge in [0, 0.05) is 18.3 Å². The van der Waals surface area contributed by atoms with Gasteiger partial charge in [0.2, 0.25) is 0 Å². The van der Waals surface area contributed by atoms with Crippen molar-refractivity contribution >= 4 is 5.82 Å². The lowest BCUT2D eigenvalue weighted by Crippen LogP contribution is -2.36. The van der Waals surface area contributed by atoms with Crippen molar-refractivity contribution in [1.29, 1.82) is 0 Å². The molecule has 3 rings (SSSR count). The Morgan fingerprint density at radius 2 is 2.24 bits per heavy atom. The van der Waals surface area contributed by atoms with Crippen molar-refractivity contribution in [2.45, 2.75) is 44.6 Å². The lowest BCUT2D eigenvalue weighted by atomic mass is 9.78. The van der Waals surface area contributed by atoms with E-state index in [1.165, 1.54) is 43.4 Å². The summed E-state index contributed by atoms with van der Waals surface area (Å²) in [6, 6.07) is 4.92. The van der Waals surface area contributed by atoms with Crippen molar-refractivity contribution in [3.05, 3.63) is 23.4 Å². The molecule has 1 aromatic rings. The van der Waals surface area contributed by atoms with Gasteiger partial charge in [-0.15, -0.1) is 0 Å². The second kappa shape index (κ2) is 4.65. The van der Waals surface area contributed by atoms with Crippen LogP contribution in [0.15, 0.2) is 12.1 Å². The number of aryl methyl sites for hydroxylation is 2. The zero-order valence-corrected chi connectivity index (χ0v) is 10.3. The van der Waals surface area contributed by atoms with Gasteiger partial charge in [0.05, 0.1) is 0 Å².